The number of aryl methyl sites for hydroxylation is 1. The van der Waals surface area contributed by atoms with E-state index in [1.165, 1.54) is 0 Å². The van der Waals surface area contributed by atoms with E-state index in [4.69, 9.17) is 23.8 Å². The number of hydrogen-bond donors (Lipinski definition) is 2. The predicted octanol–water partition coefficient (Wildman–Crippen LogP) is 3.09. The number of ether oxygens (including phenoxy) is 1. The molecule has 0 aliphatic rings. The van der Waals surface area contributed by atoms with Crippen molar-refractivity contribution in [1.29, 1.82) is 0 Å². The molecular weight excluding hydrogens is 260 g/mol. The molecule has 0 fully saturated rings. The molecular formula is C11H13ClN2O2S. The van der Waals surface area contributed by atoms with Gasteiger partial charge in [0.25, 0.3) is 0 Å². The number of benzene rings is 1. The number of alkyl carbamates (subject to hydrolysis) is 1. The highest BCUT2D eigenvalue weighted by atomic mass is 35.5. The molecule has 1 amide bonds. The fraction of sp³-hybridized carbons (Fsp3) is 0.273. The lowest BCUT2D eigenvalue weighted by Crippen LogP contribution is -2.34. The predicted molar refractivity (Wildman–Crippen MR) is 72.6 cm³/mol. The van der Waals surface area contributed by atoms with Crippen LogP contribution in [-0.2, 0) is 4.74 Å². The maximum absolute atomic E-state index is 11.1. The van der Waals surface area contributed by atoms with Gasteiger partial charge >= 0.3 is 6.09 Å². The second-order valence-electron chi connectivity index (χ2n) is 3.28. The van der Waals surface area contributed by atoms with Gasteiger partial charge in [-0.2, -0.15) is 0 Å². The van der Waals surface area contributed by atoms with Gasteiger partial charge < -0.3 is 10.1 Å². The van der Waals surface area contributed by atoms with Crippen LogP contribution in [0.4, 0.5) is 10.5 Å². The van der Waals surface area contributed by atoms with E-state index in [2.05, 4.69) is 15.4 Å². The van der Waals surface area contributed by atoms with Crippen LogP contribution in [0.2, 0.25) is 5.02 Å². The molecule has 0 saturated heterocycles. The minimum Gasteiger partial charge on any atom is -0.450 e. The van der Waals surface area contributed by atoms with Gasteiger partial charge in [-0.15, -0.1) is 0 Å². The smallest absolute Gasteiger partial charge is 0.413 e. The monoisotopic (exact) mass is 272 g/mol. The number of thiocarbonyl (C=S) groups is 1. The Morgan fingerprint density at radius 3 is 2.82 bits per heavy atom. The summed E-state index contributed by atoms with van der Waals surface area (Å²) in [5.41, 5.74) is 1.68. The molecule has 0 atom stereocenters. The Morgan fingerprint density at radius 1 is 1.53 bits per heavy atom. The molecule has 17 heavy (non-hydrogen) atoms. The summed E-state index contributed by atoms with van der Waals surface area (Å²) in [6.07, 6.45) is -0.590. The van der Waals surface area contributed by atoms with Gasteiger partial charge in [0.05, 0.1) is 17.3 Å². The minimum absolute atomic E-state index is 0.147. The first-order chi connectivity index (χ1) is 8.02. The van der Waals surface area contributed by atoms with Gasteiger partial charge in [0, 0.05) is 0 Å². The van der Waals surface area contributed by atoms with Crippen molar-refractivity contribution in [2.24, 2.45) is 0 Å². The molecule has 2 N–H and O–H groups in total. The van der Waals surface area contributed by atoms with Crippen molar-refractivity contribution in [3.8, 4) is 0 Å². The van der Waals surface area contributed by atoms with E-state index in [-0.39, 0.29) is 5.11 Å². The second kappa shape index (κ2) is 6.42. The van der Waals surface area contributed by atoms with Crippen LogP contribution >= 0.6 is 23.8 Å². The fourth-order valence-electron chi connectivity index (χ4n) is 1.13. The first kappa shape index (κ1) is 13.7. The third-order valence-corrected chi connectivity index (χ3v) is 2.38. The number of amides is 1. The Kier molecular flexibility index (Phi) is 5.18. The summed E-state index contributed by atoms with van der Waals surface area (Å²) in [7, 11) is 0. The Labute approximate surface area is 110 Å². The third kappa shape index (κ3) is 4.58. The number of halogens is 1. The number of carbonyl (C=O) groups excluding carboxylic acids is 1. The Bertz CT molecular complexity index is 437. The highest BCUT2D eigenvalue weighted by Gasteiger charge is 2.06. The molecule has 0 aliphatic heterocycles. The molecule has 1 rings (SSSR count). The molecule has 0 aromatic heterocycles. The lowest BCUT2D eigenvalue weighted by atomic mass is 10.2. The topological polar surface area (TPSA) is 50.4 Å². The summed E-state index contributed by atoms with van der Waals surface area (Å²) in [6.45, 7) is 3.94. The molecule has 0 aliphatic carbocycles. The zero-order valence-corrected chi connectivity index (χ0v) is 11.1. The van der Waals surface area contributed by atoms with Crippen molar-refractivity contribution in [2.45, 2.75) is 13.8 Å². The zero-order chi connectivity index (χ0) is 12.8. The number of hydrogen-bond acceptors (Lipinski definition) is 3. The average Bonchev–Trinajstić information content (AvgIpc) is 2.22. The molecule has 0 bridgehead atoms. The summed E-state index contributed by atoms with van der Waals surface area (Å²) in [6, 6.07) is 5.48. The molecule has 1 aromatic carbocycles. The highest BCUT2D eigenvalue weighted by Crippen LogP contribution is 2.22. The molecule has 92 valence electrons. The van der Waals surface area contributed by atoms with Gasteiger partial charge in [-0.1, -0.05) is 17.7 Å². The van der Waals surface area contributed by atoms with E-state index in [1.54, 1.807) is 19.1 Å². The van der Waals surface area contributed by atoms with Crippen molar-refractivity contribution in [1.82, 2.24) is 5.32 Å². The van der Waals surface area contributed by atoms with Gasteiger partial charge in [-0.25, -0.2) is 4.79 Å². The van der Waals surface area contributed by atoms with E-state index in [0.29, 0.717) is 17.3 Å². The van der Waals surface area contributed by atoms with E-state index in [0.717, 1.165) is 5.56 Å². The average molecular weight is 273 g/mol. The number of anilines is 1. The molecule has 0 heterocycles. The van der Waals surface area contributed by atoms with E-state index in [1.807, 2.05) is 13.0 Å². The van der Waals surface area contributed by atoms with Crippen LogP contribution in [-0.4, -0.2) is 17.8 Å². The maximum Gasteiger partial charge on any atom is 0.413 e. The maximum atomic E-state index is 11.1. The van der Waals surface area contributed by atoms with Crippen molar-refractivity contribution in [2.75, 3.05) is 11.9 Å². The van der Waals surface area contributed by atoms with E-state index in [9.17, 15) is 4.79 Å². The third-order valence-electron chi connectivity index (χ3n) is 1.86. The van der Waals surface area contributed by atoms with Crippen LogP contribution in [0.1, 0.15) is 12.5 Å². The van der Waals surface area contributed by atoms with E-state index < -0.39 is 6.09 Å². The second-order valence-corrected chi connectivity index (χ2v) is 4.10. The summed E-state index contributed by atoms with van der Waals surface area (Å²) >= 11 is 10.9. The molecule has 0 spiro atoms. The molecule has 0 radical (unpaired) electrons. The van der Waals surface area contributed by atoms with Gasteiger partial charge in [0.15, 0.2) is 5.11 Å². The first-order valence-electron chi connectivity index (χ1n) is 5.04. The fourth-order valence-corrected chi connectivity index (χ4v) is 1.61. The quantitative estimate of drug-likeness (QED) is 0.813. The lowest BCUT2D eigenvalue weighted by molar-refractivity contribution is 0.158. The standard InChI is InChI=1S/C11H13ClN2O2S/c1-3-16-11(15)14-10(17)13-9-5-4-7(2)6-8(9)12/h4-6H,3H2,1-2H3,(H2,13,14,15,17). The van der Waals surface area contributed by atoms with Gasteiger partial charge in [-0.05, 0) is 43.8 Å². The van der Waals surface area contributed by atoms with Crippen molar-refractivity contribution in [3.63, 3.8) is 0 Å². The van der Waals surface area contributed by atoms with Crippen molar-refractivity contribution in [3.05, 3.63) is 28.8 Å². The van der Waals surface area contributed by atoms with Crippen LogP contribution in [0.5, 0.6) is 0 Å². The number of rotatable bonds is 2. The van der Waals surface area contributed by atoms with Crippen LogP contribution in [0.15, 0.2) is 18.2 Å². The molecule has 6 heteroatoms. The summed E-state index contributed by atoms with van der Waals surface area (Å²) in [5, 5.41) is 5.87. The van der Waals surface area contributed by atoms with Crippen LogP contribution in [0.3, 0.4) is 0 Å². The summed E-state index contributed by atoms with van der Waals surface area (Å²) in [4.78, 5) is 11.1. The van der Waals surface area contributed by atoms with Crippen LogP contribution in [0.25, 0.3) is 0 Å². The summed E-state index contributed by atoms with van der Waals surface area (Å²) in [5.74, 6) is 0. The van der Waals surface area contributed by atoms with Crippen LogP contribution in [0, 0.1) is 6.92 Å². The normalized spacial score (nSPS) is 9.59. The van der Waals surface area contributed by atoms with Gasteiger partial charge in [0.1, 0.15) is 0 Å². The Balaban J connectivity index is 2.59. The SMILES string of the molecule is CCOC(=O)NC(=S)Nc1ccc(C)cc1Cl. The highest BCUT2D eigenvalue weighted by molar-refractivity contribution is 7.80. The molecule has 4 nitrogen and oxygen atoms in total. The van der Waals surface area contributed by atoms with E-state index >= 15 is 0 Å². The Hall–Kier alpha value is -1.33. The minimum atomic E-state index is -0.590. The summed E-state index contributed by atoms with van der Waals surface area (Å²) < 4.78 is 4.69. The first-order valence-corrected chi connectivity index (χ1v) is 5.82. The zero-order valence-electron chi connectivity index (χ0n) is 9.54. The molecule has 1 aromatic rings. The van der Waals surface area contributed by atoms with Gasteiger partial charge in [0.2, 0.25) is 0 Å². The van der Waals surface area contributed by atoms with Crippen LogP contribution < -0.4 is 10.6 Å². The molecule has 0 unspecified atom stereocenters. The number of nitrogens with one attached hydrogen (secondary N) is 2. The largest absolute Gasteiger partial charge is 0.450 e. The van der Waals surface area contributed by atoms with Crippen molar-refractivity contribution < 1.29 is 9.53 Å². The molecule has 0 saturated carbocycles. The number of carbonyl (C=O) groups is 1. The Morgan fingerprint density at radius 2 is 2.24 bits per heavy atom. The lowest BCUT2D eigenvalue weighted by Gasteiger charge is -2.10. The van der Waals surface area contributed by atoms with Crippen molar-refractivity contribution >= 4 is 40.7 Å². The van der Waals surface area contributed by atoms with Gasteiger partial charge in [-0.3, -0.25) is 5.32 Å².